The Balaban J connectivity index is 0.00000172. The van der Waals surface area contributed by atoms with Crippen LogP contribution < -0.4 is 28.8 Å². The maximum absolute atomic E-state index is 12.4. The van der Waals surface area contributed by atoms with Crippen molar-refractivity contribution < 1.29 is 52.7 Å². The molecule has 182 valence electrons. The number of esters is 2. The molecule has 11 heteroatoms. The number of ether oxygens (including phenoxy) is 2. The van der Waals surface area contributed by atoms with Crippen molar-refractivity contribution in [2.45, 2.75) is 61.4 Å². The highest BCUT2D eigenvalue weighted by molar-refractivity contribution is 5.98. The van der Waals surface area contributed by atoms with E-state index in [-0.39, 0.29) is 29.9 Å². The highest BCUT2D eigenvalue weighted by atomic mass is 35.7. The molecule has 0 aromatic heterocycles. The Morgan fingerprint density at radius 1 is 0.938 bits per heavy atom. The fraction of sp³-hybridized carbons (Fsp3) is 0.571. The van der Waals surface area contributed by atoms with Crippen LogP contribution in [0.4, 0.5) is 0 Å². The Kier molecular flexibility index (Phi) is 10.9. The van der Waals surface area contributed by atoms with Gasteiger partial charge in [-0.25, -0.2) is 0 Å². The van der Waals surface area contributed by atoms with E-state index in [1.54, 1.807) is 47.6 Å². The number of halogens is 1. The first-order chi connectivity index (χ1) is 14.2. The summed E-state index contributed by atoms with van der Waals surface area (Å²) in [6.07, 6.45) is 0. The molecule has 0 aliphatic rings. The quantitative estimate of drug-likeness (QED) is 0.313. The molecule has 1 aromatic rings. The Bertz CT molecular complexity index is 797. The van der Waals surface area contributed by atoms with Crippen molar-refractivity contribution in [3.05, 3.63) is 23.8 Å². The van der Waals surface area contributed by atoms with Gasteiger partial charge < -0.3 is 14.8 Å². The summed E-state index contributed by atoms with van der Waals surface area (Å²) in [5.74, 6) is -0.925. The van der Waals surface area contributed by atoms with Crippen LogP contribution in [0.3, 0.4) is 0 Å². The molecule has 1 rings (SSSR count). The number of rotatable bonds is 6. The minimum Gasteiger partial charge on any atom is -0.422 e. The lowest BCUT2D eigenvalue weighted by atomic mass is 9.97. The maximum atomic E-state index is 12.4. The van der Waals surface area contributed by atoms with E-state index >= 15 is 0 Å². The molecule has 10 nitrogen and oxygen atoms in total. The molecule has 0 saturated carbocycles. The van der Waals surface area contributed by atoms with Gasteiger partial charge >= 0.3 is 11.9 Å². The van der Waals surface area contributed by atoms with Gasteiger partial charge in [0.25, 0.3) is 0 Å². The van der Waals surface area contributed by atoms with Crippen LogP contribution >= 0.6 is 0 Å². The molecule has 1 aromatic carbocycles. The van der Waals surface area contributed by atoms with Gasteiger partial charge in [-0.1, -0.05) is 13.8 Å². The fourth-order valence-electron chi connectivity index (χ4n) is 1.75. The van der Waals surface area contributed by atoms with Gasteiger partial charge in [-0.15, -0.1) is 0 Å². The van der Waals surface area contributed by atoms with E-state index in [1.165, 1.54) is 12.1 Å². The molecule has 0 heterocycles. The number of Topliss-reactive ketones (excluding diaryl/α,β-unsaturated/α-hetero) is 1. The molecule has 0 spiro atoms. The Morgan fingerprint density at radius 3 is 1.72 bits per heavy atom. The van der Waals surface area contributed by atoms with Crippen molar-refractivity contribution in [3.63, 3.8) is 0 Å². The highest BCUT2D eigenvalue weighted by Crippen LogP contribution is 2.32. The molecule has 0 radical (unpaired) electrons. The fourth-order valence-corrected chi connectivity index (χ4v) is 1.75. The van der Waals surface area contributed by atoms with E-state index in [0.717, 1.165) is 0 Å². The number of benzene rings is 1. The second kappa shape index (κ2) is 11.7. The number of hydrogen-bond acceptors (Lipinski definition) is 10. The van der Waals surface area contributed by atoms with Gasteiger partial charge in [0.05, 0.1) is 32.3 Å². The summed E-state index contributed by atoms with van der Waals surface area (Å²) >= 11 is 0. The lowest BCUT2D eigenvalue weighted by Gasteiger charge is -2.20. The Morgan fingerprint density at radius 2 is 1.34 bits per heavy atom. The van der Waals surface area contributed by atoms with Gasteiger partial charge in [0.1, 0.15) is 0 Å². The van der Waals surface area contributed by atoms with Crippen molar-refractivity contribution in [2.75, 3.05) is 6.54 Å². The summed E-state index contributed by atoms with van der Waals surface area (Å²) < 4.78 is 43.6. The molecule has 0 atom stereocenters. The number of carbonyl (C=O) groups is 3. The highest BCUT2D eigenvalue weighted by Gasteiger charge is 2.28. The lowest BCUT2D eigenvalue weighted by Crippen LogP contribution is -2.58. The summed E-state index contributed by atoms with van der Waals surface area (Å²) in [5, 5.41) is 3.05. The maximum Gasteiger partial charge on any atom is 0.316 e. The first-order valence-corrected chi connectivity index (χ1v) is 11.0. The van der Waals surface area contributed by atoms with E-state index in [4.69, 9.17) is 28.1 Å². The predicted octanol–water partition coefficient (Wildman–Crippen LogP) is -0.354. The zero-order chi connectivity index (χ0) is 25.5. The molecule has 32 heavy (non-hydrogen) atoms. The van der Waals surface area contributed by atoms with Crippen LogP contribution in [0.5, 0.6) is 11.5 Å². The number of carbonyl (C=O) groups excluding carboxylic acids is 3. The second-order valence-electron chi connectivity index (χ2n) is 9.30. The Hall–Kier alpha value is -2.08. The van der Waals surface area contributed by atoms with Crippen LogP contribution in [0.1, 0.15) is 65.7 Å². The van der Waals surface area contributed by atoms with Crippen molar-refractivity contribution in [2.24, 2.45) is 10.8 Å². The first-order valence-electron chi connectivity index (χ1n) is 9.70. The van der Waals surface area contributed by atoms with Crippen LogP contribution in [-0.2, 0) is 9.59 Å². The second-order valence-corrected chi connectivity index (χ2v) is 10.1. The van der Waals surface area contributed by atoms with Gasteiger partial charge in [-0.2, -0.15) is 14.0 Å². The summed E-state index contributed by atoms with van der Waals surface area (Å²) in [6, 6.07) is 4.65. The third-order valence-electron chi connectivity index (χ3n) is 3.57. The van der Waals surface area contributed by atoms with E-state index in [1.807, 2.05) is 13.8 Å². The van der Waals surface area contributed by atoms with Gasteiger partial charge in [-0.05, 0) is 59.7 Å². The van der Waals surface area contributed by atoms with E-state index < -0.39 is 33.0 Å². The van der Waals surface area contributed by atoms with Crippen LogP contribution in [-0.4, -0.2) is 35.0 Å². The average Bonchev–Trinajstić information content (AvgIpc) is 2.57. The summed E-state index contributed by atoms with van der Waals surface area (Å²) in [4.78, 5) is 36.9. The summed E-state index contributed by atoms with van der Waals surface area (Å²) in [7, 11) is -4.69. The van der Waals surface area contributed by atoms with Gasteiger partial charge in [0, 0.05) is 11.6 Å². The number of hydrogen-bond donors (Lipinski definition) is 2. The number of nitrogens with one attached hydrogen (secondary N) is 1. The van der Waals surface area contributed by atoms with Crippen molar-refractivity contribution >= 4 is 17.7 Å². The first kappa shape index (κ1) is 29.9. The topological polar surface area (TPSA) is 171 Å². The molecule has 0 bridgehead atoms. The molecule has 0 aliphatic carbocycles. The Labute approximate surface area is 190 Å². The van der Waals surface area contributed by atoms with Crippen LogP contribution in [0, 0.1) is 21.1 Å². The molecule has 0 amide bonds. The number of ketones is 1. The van der Waals surface area contributed by atoms with Crippen molar-refractivity contribution in [1.29, 1.82) is 0 Å². The van der Waals surface area contributed by atoms with Crippen LogP contribution in [0.2, 0.25) is 0 Å². The van der Waals surface area contributed by atoms with Crippen molar-refractivity contribution in [1.82, 2.24) is 5.32 Å². The molecular formula is C21H32ClNO9. The largest absolute Gasteiger partial charge is 0.422 e. The third kappa shape index (κ3) is 12.7. The molecule has 0 unspecified atom stereocenters. The lowest BCUT2D eigenvalue weighted by molar-refractivity contribution is -1.92. The molecule has 0 saturated heterocycles. The molecule has 0 aliphatic heterocycles. The van der Waals surface area contributed by atoms with E-state index in [9.17, 15) is 14.4 Å². The SMILES string of the molecule is CC(C)NCC(=O)c1ccc(OC(=O)C(C)(C)C)c(OC(=O)C(C)(C)C)c1.[O-][Cl+3]([O-])([O-])O. The smallest absolute Gasteiger partial charge is 0.316 e. The average molecular weight is 478 g/mol. The minimum absolute atomic E-state index is 0.0583. The van der Waals surface area contributed by atoms with Gasteiger partial charge in [-0.3, -0.25) is 14.4 Å². The van der Waals surface area contributed by atoms with Crippen molar-refractivity contribution in [3.8, 4) is 11.5 Å². The summed E-state index contributed by atoms with van der Waals surface area (Å²) in [5.41, 5.74) is -1.10. The van der Waals surface area contributed by atoms with Crippen LogP contribution in [0.15, 0.2) is 18.2 Å². The van der Waals surface area contributed by atoms with E-state index in [2.05, 4.69) is 5.32 Å². The standard InChI is InChI=1S/C21H31NO5.ClHO4/c1-13(2)22-12-15(23)14-9-10-16(26-18(24)20(3,4)5)17(11-14)27-19(25)21(6,7)8;2-1(3,4)5/h9-11,13,22H,12H2,1-8H3;(H,2,3,4,5). The van der Waals surface area contributed by atoms with Crippen LogP contribution in [0.25, 0.3) is 0 Å². The summed E-state index contributed by atoms with van der Waals surface area (Å²) in [6.45, 7) is 14.4. The van der Waals surface area contributed by atoms with Gasteiger partial charge in [0.15, 0.2) is 17.3 Å². The predicted molar refractivity (Wildman–Crippen MR) is 106 cm³/mol. The molecular weight excluding hydrogens is 446 g/mol. The zero-order valence-electron chi connectivity index (χ0n) is 19.6. The minimum atomic E-state index is -4.69. The third-order valence-corrected chi connectivity index (χ3v) is 3.57. The van der Waals surface area contributed by atoms with Gasteiger partial charge in [0.2, 0.25) is 0 Å². The van der Waals surface area contributed by atoms with E-state index in [0.29, 0.717) is 5.56 Å². The normalized spacial score (nSPS) is 12.0. The monoisotopic (exact) mass is 477 g/mol. The molecule has 0 fully saturated rings. The molecule has 2 N–H and O–H groups in total. The zero-order valence-corrected chi connectivity index (χ0v) is 20.4.